The van der Waals surface area contributed by atoms with Crippen molar-refractivity contribution in [3.63, 3.8) is 0 Å². The topological polar surface area (TPSA) is 89.8 Å². The number of thioether (sulfide) groups is 1. The third-order valence-electron chi connectivity index (χ3n) is 5.26. The van der Waals surface area contributed by atoms with Gasteiger partial charge in [-0.3, -0.25) is 9.59 Å². The molecule has 0 unspecified atom stereocenters. The van der Waals surface area contributed by atoms with Gasteiger partial charge >= 0.3 is 0 Å². The van der Waals surface area contributed by atoms with E-state index in [-0.39, 0.29) is 23.4 Å². The molecule has 1 aromatic heterocycles. The van der Waals surface area contributed by atoms with E-state index in [1.54, 1.807) is 22.9 Å². The van der Waals surface area contributed by atoms with Gasteiger partial charge < -0.3 is 5.32 Å². The fourth-order valence-corrected chi connectivity index (χ4v) is 4.20. The minimum absolute atomic E-state index is 0.0289. The first-order chi connectivity index (χ1) is 14.6. The zero-order chi connectivity index (χ0) is 21.1. The Morgan fingerprint density at radius 2 is 2.00 bits per heavy atom. The van der Waals surface area contributed by atoms with Gasteiger partial charge in [-0.15, -0.1) is 5.10 Å². The van der Waals surface area contributed by atoms with Crippen molar-refractivity contribution in [2.24, 2.45) is 0 Å². The van der Waals surface area contributed by atoms with Crippen molar-refractivity contribution in [2.75, 3.05) is 11.1 Å². The molecule has 0 saturated carbocycles. The van der Waals surface area contributed by atoms with Gasteiger partial charge in [0.2, 0.25) is 11.1 Å². The van der Waals surface area contributed by atoms with Crippen molar-refractivity contribution in [3.8, 4) is 5.69 Å². The zero-order valence-electron chi connectivity index (χ0n) is 17.0. The molecule has 1 N–H and O–H groups in total. The molecular formula is C22H23N5O2S. The SMILES string of the molecule is CCCCc1ccc(-n2nnnc2SCC(=O)c2ccc3c(c2)[C@H](C)C(=O)N3)cc1. The molecule has 0 saturated heterocycles. The average Bonchev–Trinajstić information content (AvgIpc) is 3.35. The number of amides is 1. The lowest BCUT2D eigenvalue weighted by Crippen LogP contribution is -2.08. The molecule has 2 heterocycles. The van der Waals surface area contributed by atoms with Gasteiger partial charge in [-0.1, -0.05) is 37.2 Å². The van der Waals surface area contributed by atoms with Crippen LogP contribution in [0.2, 0.25) is 0 Å². The average molecular weight is 422 g/mol. The minimum Gasteiger partial charge on any atom is -0.325 e. The van der Waals surface area contributed by atoms with E-state index in [2.05, 4.69) is 39.9 Å². The highest BCUT2D eigenvalue weighted by Crippen LogP contribution is 2.33. The number of nitrogens with zero attached hydrogens (tertiary/aromatic N) is 4. The first-order valence-corrected chi connectivity index (χ1v) is 11.0. The zero-order valence-corrected chi connectivity index (χ0v) is 17.8. The second-order valence-corrected chi connectivity index (χ2v) is 8.31. The predicted molar refractivity (Wildman–Crippen MR) is 116 cm³/mol. The van der Waals surface area contributed by atoms with Crippen LogP contribution in [0.1, 0.15) is 54.1 Å². The number of rotatable bonds is 8. The van der Waals surface area contributed by atoms with Crippen LogP contribution >= 0.6 is 11.8 Å². The van der Waals surface area contributed by atoms with Gasteiger partial charge in [0.1, 0.15) is 0 Å². The number of hydrogen-bond acceptors (Lipinski definition) is 6. The standard InChI is InChI=1S/C22H23N5O2S/c1-3-4-5-15-6-9-17(10-7-15)27-22(24-25-26-27)30-13-20(28)16-8-11-19-18(12-16)14(2)21(29)23-19/h6-12,14H,3-5,13H2,1-2H3,(H,23,29)/t14-/m0/s1. The van der Waals surface area contributed by atoms with E-state index >= 15 is 0 Å². The summed E-state index contributed by atoms with van der Waals surface area (Å²) in [5.74, 6) is -0.0978. The summed E-state index contributed by atoms with van der Waals surface area (Å²) >= 11 is 1.30. The van der Waals surface area contributed by atoms with Gasteiger partial charge in [-0.05, 0) is 71.7 Å². The maximum absolute atomic E-state index is 12.7. The minimum atomic E-state index is -0.243. The van der Waals surface area contributed by atoms with E-state index in [1.807, 2.05) is 19.1 Å². The maximum Gasteiger partial charge on any atom is 0.231 e. The number of carbonyl (C=O) groups excluding carboxylic acids is 2. The third-order valence-corrected chi connectivity index (χ3v) is 6.18. The molecule has 0 radical (unpaired) electrons. The fourth-order valence-electron chi connectivity index (χ4n) is 3.42. The molecule has 0 spiro atoms. The van der Waals surface area contributed by atoms with Crippen LogP contribution in [0.5, 0.6) is 0 Å². The van der Waals surface area contributed by atoms with E-state index in [0.29, 0.717) is 10.7 Å². The summed E-state index contributed by atoms with van der Waals surface area (Å²) in [7, 11) is 0. The smallest absolute Gasteiger partial charge is 0.231 e. The van der Waals surface area contributed by atoms with Crippen LogP contribution in [0, 0.1) is 0 Å². The van der Waals surface area contributed by atoms with E-state index < -0.39 is 0 Å². The highest BCUT2D eigenvalue weighted by atomic mass is 32.2. The molecule has 154 valence electrons. The summed E-state index contributed by atoms with van der Waals surface area (Å²) in [6.07, 6.45) is 3.39. The Labute approximate surface area is 179 Å². The molecule has 1 amide bonds. The highest BCUT2D eigenvalue weighted by Gasteiger charge is 2.27. The number of aromatic nitrogens is 4. The van der Waals surface area contributed by atoms with Crippen LogP contribution in [-0.2, 0) is 11.2 Å². The van der Waals surface area contributed by atoms with Gasteiger partial charge in [0, 0.05) is 11.3 Å². The predicted octanol–water partition coefficient (Wildman–Crippen LogP) is 4.04. The quantitative estimate of drug-likeness (QED) is 0.436. The molecule has 2 aromatic carbocycles. The number of tetrazole rings is 1. The molecule has 4 rings (SSSR count). The number of nitrogens with one attached hydrogen (secondary N) is 1. The summed E-state index contributed by atoms with van der Waals surface area (Å²) in [5, 5.41) is 15.3. The van der Waals surface area contributed by atoms with E-state index in [9.17, 15) is 9.59 Å². The Morgan fingerprint density at radius 1 is 1.20 bits per heavy atom. The molecular weight excluding hydrogens is 398 g/mol. The molecule has 30 heavy (non-hydrogen) atoms. The van der Waals surface area contributed by atoms with Gasteiger partial charge in [0.15, 0.2) is 5.78 Å². The van der Waals surface area contributed by atoms with Gasteiger partial charge in [0.05, 0.1) is 17.4 Å². The first kappa shape index (κ1) is 20.3. The summed E-state index contributed by atoms with van der Waals surface area (Å²) in [6.45, 7) is 4.02. The summed E-state index contributed by atoms with van der Waals surface area (Å²) in [6, 6.07) is 13.5. The van der Waals surface area contributed by atoms with Crippen LogP contribution < -0.4 is 5.32 Å². The molecule has 0 aliphatic carbocycles. The van der Waals surface area contributed by atoms with Crippen molar-refractivity contribution in [1.29, 1.82) is 0 Å². The maximum atomic E-state index is 12.7. The monoisotopic (exact) mass is 421 g/mol. The molecule has 3 aromatic rings. The highest BCUT2D eigenvalue weighted by molar-refractivity contribution is 7.99. The van der Waals surface area contributed by atoms with Crippen LogP contribution in [-0.4, -0.2) is 37.7 Å². The van der Waals surface area contributed by atoms with Crippen LogP contribution in [0.25, 0.3) is 5.69 Å². The lowest BCUT2D eigenvalue weighted by Gasteiger charge is -2.07. The van der Waals surface area contributed by atoms with Gasteiger partial charge in [-0.2, -0.15) is 4.68 Å². The number of anilines is 1. The van der Waals surface area contributed by atoms with Gasteiger partial charge in [-0.25, -0.2) is 0 Å². The fraction of sp³-hybridized carbons (Fsp3) is 0.318. The Kier molecular flexibility index (Phi) is 5.94. The number of benzene rings is 2. The summed E-state index contributed by atoms with van der Waals surface area (Å²) in [5.41, 5.74) is 4.39. The number of carbonyl (C=O) groups is 2. The normalized spacial score (nSPS) is 15.1. The molecule has 7 nitrogen and oxygen atoms in total. The summed E-state index contributed by atoms with van der Waals surface area (Å²) in [4.78, 5) is 24.5. The number of fused-ring (bicyclic) bond motifs is 1. The number of ketones is 1. The molecule has 1 aliphatic rings. The van der Waals surface area contributed by atoms with E-state index in [1.165, 1.54) is 30.2 Å². The van der Waals surface area contributed by atoms with Gasteiger partial charge in [0.25, 0.3) is 0 Å². The Hall–Kier alpha value is -3.00. The molecule has 0 fully saturated rings. The third kappa shape index (κ3) is 4.14. The number of hydrogen-bond donors (Lipinski definition) is 1. The number of Topliss-reactive ketones (excluding diaryl/α,β-unsaturated/α-hetero) is 1. The van der Waals surface area contributed by atoms with Crippen LogP contribution in [0.15, 0.2) is 47.6 Å². The van der Waals surface area contributed by atoms with E-state index in [4.69, 9.17) is 0 Å². The lowest BCUT2D eigenvalue weighted by molar-refractivity contribution is -0.116. The molecule has 1 atom stereocenters. The first-order valence-electron chi connectivity index (χ1n) is 10.1. The molecule has 0 bridgehead atoms. The lowest BCUT2D eigenvalue weighted by atomic mass is 9.99. The van der Waals surface area contributed by atoms with Crippen molar-refractivity contribution in [2.45, 2.75) is 44.2 Å². The summed E-state index contributed by atoms with van der Waals surface area (Å²) < 4.78 is 1.65. The van der Waals surface area contributed by atoms with Crippen molar-refractivity contribution < 1.29 is 9.59 Å². The second kappa shape index (κ2) is 8.79. The van der Waals surface area contributed by atoms with Crippen molar-refractivity contribution in [3.05, 3.63) is 59.2 Å². The van der Waals surface area contributed by atoms with Crippen molar-refractivity contribution >= 4 is 29.1 Å². The number of aryl methyl sites for hydroxylation is 1. The Bertz CT molecular complexity index is 1080. The van der Waals surface area contributed by atoms with Crippen LogP contribution in [0.3, 0.4) is 0 Å². The van der Waals surface area contributed by atoms with Crippen LogP contribution in [0.4, 0.5) is 5.69 Å². The Morgan fingerprint density at radius 3 is 2.77 bits per heavy atom. The second-order valence-electron chi connectivity index (χ2n) is 7.37. The van der Waals surface area contributed by atoms with Crippen molar-refractivity contribution in [1.82, 2.24) is 20.2 Å². The number of unbranched alkanes of at least 4 members (excludes halogenated alkanes) is 1. The molecule has 1 aliphatic heterocycles. The van der Waals surface area contributed by atoms with E-state index in [0.717, 1.165) is 23.4 Å². The molecule has 8 heteroatoms. The Balaban J connectivity index is 1.44. The largest absolute Gasteiger partial charge is 0.325 e.